The van der Waals surface area contributed by atoms with Crippen LogP contribution in [0.2, 0.25) is 0 Å². The molecule has 0 N–H and O–H groups in total. The highest BCUT2D eigenvalue weighted by Crippen LogP contribution is 2.37. The number of rotatable bonds is 4. The van der Waals surface area contributed by atoms with Gasteiger partial charge in [0.1, 0.15) is 6.10 Å². The summed E-state index contributed by atoms with van der Waals surface area (Å²) in [4.78, 5) is 21.8. The Morgan fingerprint density at radius 2 is 2.16 bits per heavy atom. The van der Waals surface area contributed by atoms with Crippen LogP contribution in [-0.4, -0.2) is 30.0 Å². The van der Waals surface area contributed by atoms with Crippen LogP contribution in [0, 0.1) is 17.0 Å². The van der Waals surface area contributed by atoms with Crippen LogP contribution in [0.25, 0.3) is 0 Å². The van der Waals surface area contributed by atoms with Crippen LogP contribution in [0.15, 0.2) is 16.6 Å². The zero-order valence-corrected chi connectivity index (χ0v) is 12.0. The molecule has 1 aromatic carbocycles. The number of hydrogen-bond acceptors (Lipinski definition) is 5. The van der Waals surface area contributed by atoms with Crippen LogP contribution in [0.1, 0.15) is 12.0 Å². The van der Waals surface area contributed by atoms with Crippen molar-refractivity contribution in [3.63, 3.8) is 0 Å². The highest BCUT2D eigenvalue weighted by Gasteiger charge is 2.43. The van der Waals surface area contributed by atoms with E-state index in [9.17, 15) is 14.9 Å². The third-order valence-corrected chi connectivity index (χ3v) is 3.45. The Balaban J connectivity index is 2.30. The van der Waals surface area contributed by atoms with E-state index in [-0.39, 0.29) is 23.6 Å². The Morgan fingerprint density at radius 3 is 2.68 bits per heavy atom. The summed E-state index contributed by atoms with van der Waals surface area (Å²) in [5, 5.41) is 11.0. The van der Waals surface area contributed by atoms with E-state index in [4.69, 9.17) is 9.47 Å². The van der Waals surface area contributed by atoms with Crippen LogP contribution >= 0.6 is 15.9 Å². The first-order chi connectivity index (χ1) is 8.93. The normalized spacial score (nSPS) is 21.9. The van der Waals surface area contributed by atoms with E-state index in [0.717, 1.165) is 0 Å². The predicted molar refractivity (Wildman–Crippen MR) is 70.4 cm³/mol. The number of nitrogens with zero attached hydrogens (tertiary/aromatic N) is 1. The summed E-state index contributed by atoms with van der Waals surface area (Å²) in [5.74, 6) is 0.137. The topological polar surface area (TPSA) is 78.7 Å². The van der Waals surface area contributed by atoms with E-state index in [1.165, 1.54) is 13.2 Å². The number of Topliss-reactive ketones (excluding diaryl/α,β-unsaturated/α-hetero) is 1. The lowest BCUT2D eigenvalue weighted by Gasteiger charge is -2.33. The largest absolute Gasteiger partial charge is 0.480 e. The molecule has 1 saturated carbocycles. The average molecular weight is 330 g/mol. The molecule has 1 aromatic rings. The average Bonchev–Trinajstić information content (AvgIpc) is 2.30. The smallest absolute Gasteiger partial charge is 0.312 e. The fourth-order valence-corrected chi connectivity index (χ4v) is 2.57. The Hall–Kier alpha value is -1.47. The molecule has 0 amide bonds. The van der Waals surface area contributed by atoms with Crippen molar-refractivity contribution >= 4 is 27.4 Å². The maximum atomic E-state index is 11.3. The maximum Gasteiger partial charge on any atom is 0.312 e. The minimum atomic E-state index is -0.636. The van der Waals surface area contributed by atoms with E-state index in [1.807, 2.05) is 0 Å². The number of ketones is 1. The molecule has 2 unspecified atom stereocenters. The molecule has 0 saturated heterocycles. The third-order valence-electron chi connectivity index (χ3n) is 3.00. The third kappa shape index (κ3) is 2.62. The predicted octanol–water partition coefficient (Wildman–Crippen LogP) is 2.40. The molecule has 2 rings (SSSR count). The minimum absolute atomic E-state index is 0.0510. The second kappa shape index (κ2) is 5.26. The summed E-state index contributed by atoms with van der Waals surface area (Å²) in [6, 6.07) is 3.11. The molecule has 1 fully saturated rings. The Labute approximate surface area is 118 Å². The molecule has 0 bridgehead atoms. The lowest BCUT2D eigenvalue weighted by atomic mass is 9.90. The SMILES string of the molecule is COC1C(=O)CC1Oc1c(C)cc(Br)cc1[N+](=O)[O-]. The van der Waals surface area contributed by atoms with Gasteiger partial charge in [-0.05, 0) is 18.6 Å². The maximum absolute atomic E-state index is 11.3. The number of methoxy groups -OCH3 is 1. The summed E-state index contributed by atoms with van der Waals surface area (Å²) in [6.07, 6.45) is -0.885. The zero-order valence-electron chi connectivity index (χ0n) is 10.4. The first-order valence-corrected chi connectivity index (χ1v) is 6.40. The zero-order chi connectivity index (χ0) is 14.2. The number of halogens is 1. The molecule has 102 valence electrons. The van der Waals surface area contributed by atoms with Crippen molar-refractivity contribution < 1.29 is 19.2 Å². The standard InChI is InChI=1S/C12H12BrNO5/c1-6-3-7(13)4-8(14(16)17)11(6)19-10-5-9(15)12(10)18-2/h3-4,10,12H,5H2,1-2H3. The monoisotopic (exact) mass is 329 g/mol. The van der Waals surface area contributed by atoms with Gasteiger partial charge in [0.05, 0.1) is 4.92 Å². The van der Waals surface area contributed by atoms with Gasteiger partial charge in [-0.1, -0.05) is 15.9 Å². The molecule has 0 spiro atoms. The fourth-order valence-electron chi connectivity index (χ4n) is 2.01. The number of benzene rings is 1. The molecule has 19 heavy (non-hydrogen) atoms. The van der Waals surface area contributed by atoms with Gasteiger partial charge in [-0.25, -0.2) is 0 Å². The molecule has 6 nitrogen and oxygen atoms in total. The van der Waals surface area contributed by atoms with Crippen molar-refractivity contribution in [1.82, 2.24) is 0 Å². The van der Waals surface area contributed by atoms with Gasteiger partial charge in [0.2, 0.25) is 5.75 Å². The van der Waals surface area contributed by atoms with Gasteiger partial charge >= 0.3 is 5.69 Å². The highest BCUT2D eigenvalue weighted by molar-refractivity contribution is 9.10. The quantitative estimate of drug-likeness (QED) is 0.626. The first-order valence-electron chi connectivity index (χ1n) is 5.60. The lowest BCUT2D eigenvalue weighted by Crippen LogP contribution is -2.51. The number of nitro groups is 1. The molecule has 0 aromatic heterocycles. The van der Waals surface area contributed by atoms with Gasteiger partial charge in [0.25, 0.3) is 0 Å². The second-order valence-corrected chi connectivity index (χ2v) is 5.23. The molecular weight excluding hydrogens is 318 g/mol. The van der Waals surface area contributed by atoms with E-state index in [2.05, 4.69) is 15.9 Å². The van der Waals surface area contributed by atoms with Crippen molar-refractivity contribution in [3.05, 3.63) is 32.3 Å². The molecule has 0 radical (unpaired) electrons. The van der Waals surface area contributed by atoms with E-state index >= 15 is 0 Å². The van der Waals surface area contributed by atoms with Crippen molar-refractivity contribution in [1.29, 1.82) is 0 Å². The summed E-state index contributed by atoms with van der Waals surface area (Å²) >= 11 is 3.21. The highest BCUT2D eigenvalue weighted by atomic mass is 79.9. The first kappa shape index (κ1) is 14.0. The van der Waals surface area contributed by atoms with Gasteiger partial charge in [-0.15, -0.1) is 0 Å². The van der Waals surface area contributed by atoms with Gasteiger partial charge in [-0.2, -0.15) is 0 Å². The number of ether oxygens (including phenoxy) is 2. The van der Waals surface area contributed by atoms with Crippen LogP contribution < -0.4 is 4.74 Å². The van der Waals surface area contributed by atoms with E-state index in [1.54, 1.807) is 13.0 Å². The fraction of sp³-hybridized carbons (Fsp3) is 0.417. The summed E-state index contributed by atoms with van der Waals surface area (Å²) < 4.78 is 11.2. The summed E-state index contributed by atoms with van der Waals surface area (Å²) in [7, 11) is 1.42. The number of hydrogen-bond donors (Lipinski definition) is 0. The number of nitro benzene ring substituents is 1. The van der Waals surface area contributed by atoms with Crippen molar-refractivity contribution in [2.24, 2.45) is 0 Å². The van der Waals surface area contributed by atoms with Crippen LogP contribution in [0.3, 0.4) is 0 Å². The molecule has 0 heterocycles. The van der Waals surface area contributed by atoms with E-state index < -0.39 is 17.1 Å². The van der Waals surface area contributed by atoms with Gasteiger partial charge < -0.3 is 9.47 Å². The van der Waals surface area contributed by atoms with Gasteiger partial charge in [0, 0.05) is 24.1 Å². The van der Waals surface area contributed by atoms with Crippen molar-refractivity contribution in [2.75, 3.05) is 7.11 Å². The Bertz CT molecular complexity index is 545. The second-order valence-electron chi connectivity index (χ2n) is 4.31. The van der Waals surface area contributed by atoms with Crippen LogP contribution in [0.4, 0.5) is 5.69 Å². The van der Waals surface area contributed by atoms with E-state index in [0.29, 0.717) is 10.0 Å². The molecule has 7 heteroatoms. The Morgan fingerprint density at radius 1 is 1.47 bits per heavy atom. The van der Waals surface area contributed by atoms with Crippen LogP contribution in [-0.2, 0) is 9.53 Å². The van der Waals surface area contributed by atoms with Crippen LogP contribution in [0.5, 0.6) is 5.75 Å². The number of aryl methyl sites for hydroxylation is 1. The van der Waals surface area contributed by atoms with Gasteiger partial charge in [-0.3, -0.25) is 14.9 Å². The molecular formula is C12H12BrNO5. The lowest BCUT2D eigenvalue weighted by molar-refractivity contribution is -0.386. The molecule has 0 aliphatic heterocycles. The summed E-state index contributed by atoms with van der Waals surface area (Å²) in [6.45, 7) is 1.72. The molecule has 1 aliphatic carbocycles. The molecule has 2 atom stereocenters. The number of carbonyl (C=O) groups is 1. The number of carbonyl (C=O) groups excluding carboxylic acids is 1. The van der Waals surface area contributed by atoms with Gasteiger partial charge in [0.15, 0.2) is 11.9 Å². The Kier molecular flexibility index (Phi) is 3.86. The van der Waals surface area contributed by atoms with Crippen molar-refractivity contribution in [3.8, 4) is 5.75 Å². The minimum Gasteiger partial charge on any atom is -0.480 e. The summed E-state index contributed by atoms with van der Waals surface area (Å²) in [5.41, 5.74) is 0.511. The molecule has 1 aliphatic rings. The van der Waals surface area contributed by atoms with Crippen molar-refractivity contribution in [2.45, 2.75) is 25.6 Å².